The Labute approximate surface area is 103 Å². The number of hydrogen-bond acceptors (Lipinski definition) is 8. The Kier molecular flexibility index (Phi) is 3.53. The Morgan fingerprint density at radius 2 is 2.11 bits per heavy atom. The van der Waals surface area contributed by atoms with Crippen molar-refractivity contribution in [3.05, 3.63) is 18.0 Å². The van der Waals surface area contributed by atoms with Crippen molar-refractivity contribution in [1.82, 2.24) is 24.7 Å². The van der Waals surface area contributed by atoms with Crippen molar-refractivity contribution in [3.8, 4) is 6.01 Å². The summed E-state index contributed by atoms with van der Waals surface area (Å²) in [4.78, 5) is 12.0. The van der Waals surface area contributed by atoms with Gasteiger partial charge >= 0.3 is 6.01 Å². The molecule has 18 heavy (non-hydrogen) atoms. The molecule has 0 radical (unpaired) electrons. The van der Waals surface area contributed by atoms with Crippen LogP contribution in [0.2, 0.25) is 0 Å². The van der Waals surface area contributed by atoms with E-state index in [1.165, 1.54) is 7.11 Å². The maximum Gasteiger partial charge on any atom is 0.322 e. The molecule has 0 bridgehead atoms. The number of methoxy groups -OCH3 is 1. The molecule has 4 N–H and O–H groups in total. The fraction of sp³-hybridized carbons (Fsp3) is 0.333. The molecule has 0 aliphatic carbocycles. The summed E-state index contributed by atoms with van der Waals surface area (Å²) in [5.41, 5.74) is 3.22. The van der Waals surface area contributed by atoms with Crippen LogP contribution in [0.3, 0.4) is 0 Å². The van der Waals surface area contributed by atoms with Gasteiger partial charge in [0.15, 0.2) is 0 Å². The molecular weight excluding hydrogens is 236 g/mol. The molecule has 0 aliphatic heterocycles. The van der Waals surface area contributed by atoms with Gasteiger partial charge in [0.25, 0.3) is 0 Å². The van der Waals surface area contributed by atoms with Crippen LogP contribution in [0.5, 0.6) is 6.01 Å². The largest absolute Gasteiger partial charge is 0.467 e. The summed E-state index contributed by atoms with van der Waals surface area (Å²) in [6.07, 6.45) is 1.86. The predicted octanol–water partition coefficient (Wildman–Crippen LogP) is -0.489. The van der Waals surface area contributed by atoms with E-state index < -0.39 is 0 Å². The Balaban J connectivity index is 2.08. The molecule has 9 heteroatoms. The van der Waals surface area contributed by atoms with Crippen LogP contribution in [-0.4, -0.2) is 31.8 Å². The van der Waals surface area contributed by atoms with Gasteiger partial charge in [-0.1, -0.05) is 0 Å². The van der Waals surface area contributed by atoms with Crippen LogP contribution < -0.4 is 21.3 Å². The molecular formula is C9H14N8O. The van der Waals surface area contributed by atoms with Crippen LogP contribution in [0.25, 0.3) is 0 Å². The maximum absolute atomic E-state index is 5.25. The predicted molar refractivity (Wildman–Crippen MR) is 64.7 cm³/mol. The number of aromatic nitrogens is 5. The summed E-state index contributed by atoms with van der Waals surface area (Å²) in [5, 5.41) is 7.23. The number of aryl methyl sites for hydroxylation is 1. The highest BCUT2D eigenvalue weighted by atomic mass is 16.5. The zero-order valence-electron chi connectivity index (χ0n) is 10.1. The van der Waals surface area contributed by atoms with Crippen molar-refractivity contribution in [2.24, 2.45) is 12.9 Å². The summed E-state index contributed by atoms with van der Waals surface area (Å²) >= 11 is 0. The van der Waals surface area contributed by atoms with Gasteiger partial charge in [-0.05, 0) is 6.07 Å². The first-order valence-corrected chi connectivity index (χ1v) is 5.20. The number of anilines is 2. The lowest BCUT2D eigenvalue weighted by molar-refractivity contribution is 0.379. The molecule has 9 nitrogen and oxygen atoms in total. The summed E-state index contributed by atoms with van der Waals surface area (Å²) in [7, 11) is 3.32. The highest BCUT2D eigenvalue weighted by molar-refractivity contribution is 5.35. The quantitative estimate of drug-likeness (QED) is 0.481. The molecule has 2 aromatic heterocycles. The highest BCUT2D eigenvalue weighted by Gasteiger charge is 2.06. The average molecular weight is 250 g/mol. The van der Waals surface area contributed by atoms with E-state index in [0.717, 1.165) is 5.69 Å². The van der Waals surface area contributed by atoms with Crippen LogP contribution in [-0.2, 0) is 13.6 Å². The summed E-state index contributed by atoms with van der Waals surface area (Å²) < 4.78 is 6.66. The van der Waals surface area contributed by atoms with Crippen LogP contribution >= 0.6 is 0 Å². The molecule has 96 valence electrons. The van der Waals surface area contributed by atoms with E-state index in [4.69, 9.17) is 10.6 Å². The molecule has 0 unspecified atom stereocenters. The van der Waals surface area contributed by atoms with Gasteiger partial charge in [-0.25, -0.2) is 5.84 Å². The van der Waals surface area contributed by atoms with E-state index >= 15 is 0 Å². The minimum absolute atomic E-state index is 0.182. The Bertz CT molecular complexity index is 503. The number of nitrogen functional groups attached to an aromatic ring is 1. The SMILES string of the molecule is COc1nc(NN)nc(NCc2ccn(C)n2)n1. The monoisotopic (exact) mass is 250 g/mol. The van der Waals surface area contributed by atoms with E-state index in [0.29, 0.717) is 12.5 Å². The van der Waals surface area contributed by atoms with E-state index in [1.54, 1.807) is 4.68 Å². The van der Waals surface area contributed by atoms with Gasteiger partial charge in [0.1, 0.15) is 0 Å². The third-order valence-electron chi connectivity index (χ3n) is 2.12. The first kappa shape index (κ1) is 12.0. The summed E-state index contributed by atoms with van der Waals surface area (Å²) in [6.45, 7) is 0.498. The van der Waals surface area contributed by atoms with Crippen molar-refractivity contribution >= 4 is 11.9 Å². The second-order valence-corrected chi connectivity index (χ2v) is 3.45. The standard InChI is InChI=1S/C9H14N8O/c1-17-4-3-6(16-17)5-11-7-12-8(15-10)14-9(13-7)18-2/h3-4H,5,10H2,1-2H3,(H2,11,12,13,14,15). The second kappa shape index (κ2) is 5.27. The number of ether oxygens (including phenoxy) is 1. The number of nitrogens with two attached hydrogens (primary N) is 1. The van der Waals surface area contributed by atoms with E-state index in [1.807, 2.05) is 19.3 Å². The highest BCUT2D eigenvalue weighted by Crippen LogP contribution is 2.10. The molecule has 0 saturated heterocycles. The average Bonchev–Trinajstić information content (AvgIpc) is 2.81. The molecule has 2 aromatic rings. The summed E-state index contributed by atoms with van der Waals surface area (Å²) in [5.74, 6) is 5.84. The topological polar surface area (TPSA) is 116 Å². The Morgan fingerprint density at radius 1 is 1.33 bits per heavy atom. The van der Waals surface area contributed by atoms with Gasteiger partial charge < -0.3 is 10.1 Å². The minimum Gasteiger partial charge on any atom is -0.467 e. The van der Waals surface area contributed by atoms with Crippen molar-refractivity contribution in [1.29, 1.82) is 0 Å². The van der Waals surface area contributed by atoms with Crippen molar-refractivity contribution in [2.75, 3.05) is 17.9 Å². The lowest BCUT2D eigenvalue weighted by Crippen LogP contribution is -2.14. The van der Waals surface area contributed by atoms with Gasteiger partial charge in [-0.15, -0.1) is 0 Å². The third-order valence-corrected chi connectivity index (χ3v) is 2.12. The van der Waals surface area contributed by atoms with Crippen molar-refractivity contribution in [3.63, 3.8) is 0 Å². The number of hydrogen-bond donors (Lipinski definition) is 3. The molecule has 0 aromatic carbocycles. The smallest absolute Gasteiger partial charge is 0.322 e. The number of nitrogens with one attached hydrogen (secondary N) is 2. The zero-order chi connectivity index (χ0) is 13.0. The molecule has 2 heterocycles. The Morgan fingerprint density at radius 3 is 2.72 bits per heavy atom. The Hall–Kier alpha value is -2.42. The number of hydrazine groups is 1. The minimum atomic E-state index is 0.182. The maximum atomic E-state index is 5.25. The van der Waals surface area contributed by atoms with Gasteiger partial charge in [-0.2, -0.15) is 20.1 Å². The number of nitrogens with zero attached hydrogens (tertiary/aromatic N) is 5. The molecule has 0 saturated carbocycles. The lowest BCUT2D eigenvalue weighted by Gasteiger charge is -2.06. The van der Waals surface area contributed by atoms with Gasteiger partial charge in [-0.3, -0.25) is 10.1 Å². The van der Waals surface area contributed by atoms with Gasteiger partial charge in [0.05, 0.1) is 19.3 Å². The van der Waals surface area contributed by atoms with E-state index in [9.17, 15) is 0 Å². The fourth-order valence-corrected chi connectivity index (χ4v) is 1.32. The van der Waals surface area contributed by atoms with Crippen molar-refractivity contribution in [2.45, 2.75) is 6.54 Å². The molecule has 0 atom stereocenters. The fourth-order valence-electron chi connectivity index (χ4n) is 1.32. The third kappa shape index (κ3) is 2.83. The second-order valence-electron chi connectivity index (χ2n) is 3.45. The van der Waals surface area contributed by atoms with Crippen LogP contribution in [0.15, 0.2) is 12.3 Å². The van der Waals surface area contributed by atoms with E-state index in [-0.39, 0.29) is 12.0 Å². The zero-order valence-corrected chi connectivity index (χ0v) is 10.1. The lowest BCUT2D eigenvalue weighted by atomic mass is 10.4. The molecule has 0 spiro atoms. The first-order chi connectivity index (χ1) is 8.71. The molecule has 0 fully saturated rings. The number of rotatable bonds is 5. The molecule has 0 amide bonds. The normalized spacial score (nSPS) is 10.2. The summed E-state index contributed by atoms with van der Waals surface area (Å²) in [6, 6.07) is 2.08. The van der Waals surface area contributed by atoms with Crippen LogP contribution in [0.4, 0.5) is 11.9 Å². The van der Waals surface area contributed by atoms with Gasteiger partial charge in [0.2, 0.25) is 11.9 Å². The van der Waals surface area contributed by atoms with E-state index in [2.05, 4.69) is 30.8 Å². The first-order valence-electron chi connectivity index (χ1n) is 5.20. The van der Waals surface area contributed by atoms with Crippen LogP contribution in [0.1, 0.15) is 5.69 Å². The van der Waals surface area contributed by atoms with Gasteiger partial charge in [0, 0.05) is 13.2 Å². The van der Waals surface area contributed by atoms with Crippen LogP contribution in [0, 0.1) is 0 Å². The molecule has 0 aliphatic rings. The molecule has 2 rings (SSSR count). The van der Waals surface area contributed by atoms with Crippen molar-refractivity contribution < 1.29 is 4.74 Å².